The Morgan fingerprint density at radius 2 is 2.00 bits per heavy atom. The van der Waals surface area contributed by atoms with Crippen LogP contribution in [0.5, 0.6) is 0 Å². The lowest BCUT2D eigenvalue weighted by Gasteiger charge is -2.11. The van der Waals surface area contributed by atoms with Gasteiger partial charge in [0.1, 0.15) is 17.5 Å². The summed E-state index contributed by atoms with van der Waals surface area (Å²) in [5.41, 5.74) is 0.935. The van der Waals surface area contributed by atoms with E-state index in [4.69, 9.17) is 5.26 Å². The minimum Gasteiger partial charge on any atom is -0.386 e. The fourth-order valence-electron chi connectivity index (χ4n) is 2.36. The monoisotopic (exact) mass is 287 g/mol. The molecule has 0 spiro atoms. The van der Waals surface area contributed by atoms with Crippen molar-refractivity contribution in [2.24, 2.45) is 0 Å². The van der Waals surface area contributed by atoms with Crippen LogP contribution in [0.25, 0.3) is 0 Å². The Morgan fingerprint density at radius 1 is 1.33 bits per heavy atom. The summed E-state index contributed by atoms with van der Waals surface area (Å²) >= 11 is 0. The lowest BCUT2D eigenvalue weighted by Crippen LogP contribution is -2.33. The van der Waals surface area contributed by atoms with Crippen LogP contribution in [0.3, 0.4) is 0 Å². The first-order valence-corrected chi connectivity index (χ1v) is 7.08. The summed E-state index contributed by atoms with van der Waals surface area (Å²) in [5, 5.41) is 14.8. The van der Waals surface area contributed by atoms with E-state index >= 15 is 0 Å². The van der Waals surface area contributed by atoms with Crippen molar-refractivity contribution in [1.82, 2.24) is 10.6 Å². The topological polar surface area (TPSA) is 64.9 Å². The van der Waals surface area contributed by atoms with Crippen LogP contribution < -0.4 is 10.6 Å². The standard InChI is InChI=1S/C16H18FN3O/c17-14-7-5-12(6-8-14)10-19-11-13(9-18)16(21)20-15-3-1-2-4-15/h5-8,11,15,19H,1-4,10H2,(H,20,21)/b13-11-. The summed E-state index contributed by atoms with van der Waals surface area (Å²) in [5.74, 6) is -0.626. The van der Waals surface area contributed by atoms with Gasteiger partial charge in [-0.25, -0.2) is 4.39 Å². The van der Waals surface area contributed by atoms with E-state index in [-0.39, 0.29) is 23.3 Å². The SMILES string of the molecule is N#C/C(=C/NCc1ccc(F)cc1)C(=O)NC1CCCC1. The molecule has 4 nitrogen and oxygen atoms in total. The molecule has 0 radical (unpaired) electrons. The zero-order valence-electron chi connectivity index (χ0n) is 11.7. The van der Waals surface area contributed by atoms with Crippen LogP contribution in [-0.4, -0.2) is 11.9 Å². The van der Waals surface area contributed by atoms with Crippen molar-refractivity contribution in [3.05, 3.63) is 47.4 Å². The number of carbonyl (C=O) groups is 1. The molecule has 1 aromatic rings. The van der Waals surface area contributed by atoms with Gasteiger partial charge in [-0.15, -0.1) is 0 Å². The van der Waals surface area contributed by atoms with Crippen molar-refractivity contribution in [3.63, 3.8) is 0 Å². The summed E-state index contributed by atoms with van der Waals surface area (Å²) in [6.07, 6.45) is 5.62. The van der Waals surface area contributed by atoms with E-state index < -0.39 is 0 Å². The molecule has 0 unspecified atom stereocenters. The smallest absolute Gasteiger partial charge is 0.263 e. The number of hydrogen-bond donors (Lipinski definition) is 2. The molecule has 21 heavy (non-hydrogen) atoms. The van der Waals surface area contributed by atoms with Crippen molar-refractivity contribution < 1.29 is 9.18 Å². The number of nitrogens with one attached hydrogen (secondary N) is 2. The molecule has 1 fully saturated rings. The zero-order valence-corrected chi connectivity index (χ0v) is 11.7. The summed E-state index contributed by atoms with van der Waals surface area (Å²) in [4.78, 5) is 11.9. The Labute approximate surface area is 123 Å². The predicted molar refractivity (Wildman–Crippen MR) is 77.3 cm³/mol. The number of halogens is 1. The van der Waals surface area contributed by atoms with Crippen LogP contribution in [-0.2, 0) is 11.3 Å². The number of rotatable bonds is 5. The second-order valence-electron chi connectivity index (χ2n) is 5.13. The van der Waals surface area contributed by atoms with Gasteiger partial charge in [0.05, 0.1) is 0 Å². The Morgan fingerprint density at radius 3 is 2.62 bits per heavy atom. The van der Waals surface area contributed by atoms with Crippen molar-refractivity contribution in [2.75, 3.05) is 0 Å². The number of hydrogen-bond acceptors (Lipinski definition) is 3. The summed E-state index contributed by atoms with van der Waals surface area (Å²) in [6.45, 7) is 0.433. The van der Waals surface area contributed by atoms with Crippen molar-refractivity contribution in [1.29, 1.82) is 5.26 Å². The fourth-order valence-corrected chi connectivity index (χ4v) is 2.36. The number of carbonyl (C=O) groups excluding carboxylic acids is 1. The first-order chi connectivity index (χ1) is 10.2. The minimum absolute atomic E-state index is 0.0593. The lowest BCUT2D eigenvalue weighted by atomic mass is 10.2. The molecule has 1 aliphatic rings. The third-order valence-electron chi connectivity index (χ3n) is 3.52. The number of amides is 1. The van der Waals surface area contributed by atoms with Gasteiger partial charge in [-0.2, -0.15) is 5.26 Å². The maximum atomic E-state index is 12.8. The van der Waals surface area contributed by atoms with Gasteiger partial charge < -0.3 is 10.6 Å². The molecule has 110 valence electrons. The Kier molecular flexibility index (Phi) is 5.33. The highest BCUT2D eigenvalue weighted by Crippen LogP contribution is 2.17. The number of nitriles is 1. The van der Waals surface area contributed by atoms with E-state index in [0.717, 1.165) is 31.2 Å². The first-order valence-electron chi connectivity index (χ1n) is 7.08. The highest BCUT2D eigenvalue weighted by molar-refractivity contribution is 5.97. The molecule has 1 aliphatic carbocycles. The Hall–Kier alpha value is -2.35. The van der Waals surface area contributed by atoms with E-state index in [1.807, 2.05) is 6.07 Å². The lowest BCUT2D eigenvalue weighted by molar-refractivity contribution is -0.117. The molecular formula is C16H18FN3O. The van der Waals surface area contributed by atoms with Gasteiger partial charge in [-0.3, -0.25) is 4.79 Å². The first kappa shape index (κ1) is 15.0. The van der Waals surface area contributed by atoms with Crippen LogP contribution >= 0.6 is 0 Å². The normalized spacial score (nSPS) is 15.5. The van der Waals surface area contributed by atoms with E-state index in [2.05, 4.69) is 10.6 Å². The third-order valence-corrected chi connectivity index (χ3v) is 3.52. The predicted octanol–water partition coefficient (Wildman–Crippen LogP) is 2.38. The summed E-state index contributed by atoms with van der Waals surface area (Å²) < 4.78 is 12.8. The van der Waals surface area contributed by atoms with Gasteiger partial charge in [-0.05, 0) is 30.5 Å². The number of nitrogens with zero attached hydrogens (tertiary/aromatic N) is 1. The highest BCUT2D eigenvalue weighted by atomic mass is 19.1. The highest BCUT2D eigenvalue weighted by Gasteiger charge is 2.19. The van der Waals surface area contributed by atoms with Crippen LogP contribution in [0.1, 0.15) is 31.2 Å². The average molecular weight is 287 g/mol. The number of benzene rings is 1. The van der Waals surface area contributed by atoms with Crippen LogP contribution in [0, 0.1) is 17.1 Å². The second-order valence-corrected chi connectivity index (χ2v) is 5.13. The Bertz CT molecular complexity index is 554. The molecule has 0 saturated heterocycles. The molecule has 0 heterocycles. The zero-order chi connectivity index (χ0) is 15.1. The molecule has 1 saturated carbocycles. The molecule has 5 heteroatoms. The quantitative estimate of drug-likeness (QED) is 0.645. The molecule has 1 amide bonds. The second kappa shape index (κ2) is 7.44. The summed E-state index contributed by atoms with van der Waals surface area (Å²) in [6, 6.07) is 8.14. The van der Waals surface area contributed by atoms with Crippen molar-refractivity contribution >= 4 is 5.91 Å². The van der Waals surface area contributed by atoms with E-state index in [1.165, 1.54) is 18.3 Å². The van der Waals surface area contributed by atoms with Gasteiger partial charge in [-0.1, -0.05) is 25.0 Å². The molecule has 1 aromatic carbocycles. The van der Waals surface area contributed by atoms with Crippen LogP contribution in [0.4, 0.5) is 4.39 Å². The molecule has 0 aliphatic heterocycles. The van der Waals surface area contributed by atoms with Gasteiger partial charge in [0.15, 0.2) is 0 Å². The summed E-state index contributed by atoms with van der Waals surface area (Å²) in [7, 11) is 0. The van der Waals surface area contributed by atoms with Gasteiger partial charge in [0.2, 0.25) is 0 Å². The van der Waals surface area contributed by atoms with Gasteiger partial charge >= 0.3 is 0 Å². The Balaban J connectivity index is 1.86. The fraction of sp³-hybridized carbons (Fsp3) is 0.375. The maximum absolute atomic E-state index is 12.8. The largest absolute Gasteiger partial charge is 0.386 e. The molecule has 0 bridgehead atoms. The van der Waals surface area contributed by atoms with Crippen LogP contribution in [0.2, 0.25) is 0 Å². The minimum atomic E-state index is -0.337. The van der Waals surface area contributed by atoms with Crippen molar-refractivity contribution in [3.8, 4) is 6.07 Å². The van der Waals surface area contributed by atoms with Crippen LogP contribution in [0.15, 0.2) is 36.0 Å². The maximum Gasteiger partial charge on any atom is 0.263 e. The van der Waals surface area contributed by atoms with E-state index in [1.54, 1.807) is 12.1 Å². The molecule has 2 rings (SSSR count). The molecular weight excluding hydrogens is 269 g/mol. The molecule has 0 atom stereocenters. The van der Waals surface area contributed by atoms with Gasteiger partial charge in [0, 0.05) is 18.8 Å². The average Bonchev–Trinajstić information content (AvgIpc) is 2.98. The van der Waals surface area contributed by atoms with E-state index in [9.17, 15) is 9.18 Å². The molecule has 0 aromatic heterocycles. The molecule has 2 N–H and O–H groups in total. The van der Waals surface area contributed by atoms with Crippen molar-refractivity contribution in [2.45, 2.75) is 38.3 Å². The van der Waals surface area contributed by atoms with Gasteiger partial charge in [0.25, 0.3) is 5.91 Å². The third kappa shape index (κ3) is 4.60. The van der Waals surface area contributed by atoms with E-state index in [0.29, 0.717) is 6.54 Å².